The molecule has 4 aliphatic carbocycles. The third-order valence-corrected chi connectivity index (χ3v) is 8.53. The molecule has 3 heteroatoms. The normalized spacial score (nSPS) is 48.9. The van der Waals surface area contributed by atoms with Crippen molar-refractivity contribution in [3.05, 3.63) is 11.6 Å². The second kappa shape index (κ2) is 5.69. The lowest BCUT2D eigenvalue weighted by atomic mass is 9.45. The van der Waals surface area contributed by atoms with Crippen LogP contribution in [0.15, 0.2) is 11.6 Å². The lowest BCUT2D eigenvalue weighted by Gasteiger charge is -2.59. The molecule has 138 valence electrons. The summed E-state index contributed by atoms with van der Waals surface area (Å²) in [5.74, 6) is 2.86. The van der Waals surface area contributed by atoms with Crippen LogP contribution in [-0.4, -0.2) is 17.9 Å². The van der Waals surface area contributed by atoms with Crippen LogP contribution in [0, 0.1) is 34.5 Å². The van der Waals surface area contributed by atoms with Crippen LogP contribution in [0.1, 0.15) is 72.6 Å². The van der Waals surface area contributed by atoms with E-state index in [1.54, 1.807) is 6.92 Å². The molecule has 3 saturated carbocycles. The number of ketones is 1. The monoisotopic (exact) mass is 344 g/mol. The second-order valence-corrected chi connectivity index (χ2v) is 9.75. The Morgan fingerprint density at radius 1 is 1.16 bits per heavy atom. The van der Waals surface area contributed by atoms with Crippen molar-refractivity contribution in [1.82, 2.24) is 0 Å². The lowest BCUT2D eigenvalue weighted by molar-refractivity contribution is -0.158. The smallest absolute Gasteiger partial charge is 0.302 e. The summed E-state index contributed by atoms with van der Waals surface area (Å²) in [6.45, 7) is 8.74. The second-order valence-electron chi connectivity index (χ2n) is 9.75. The minimum absolute atomic E-state index is 0.0980. The van der Waals surface area contributed by atoms with Gasteiger partial charge in [0.05, 0.1) is 0 Å². The molecule has 4 rings (SSSR count). The van der Waals surface area contributed by atoms with Crippen LogP contribution in [-0.2, 0) is 14.3 Å². The summed E-state index contributed by atoms with van der Waals surface area (Å²) >= 11 is 0. The van der Waals surface area contributed by atoms with Gasteiger partial charge in [0.25, 0.3) is 0 Å². The third kappa shape index (κ3) is 2.44. The summed E-state index contributed by atoms with van der Waals surface area (Å²) in [5.41, 5.74) is 1.78. The zero-order valence-corrected chi connectivity index (χ0v) is 16.1. The van der Waals surface area contributed by atoms with Crippen molar-refractivity contribution in [2.45, 2.75) is 78.7 Å². The minimum Gasteiger partial charge on any atom is -0.462 e. The van der Waals surface area contributed by atoms with Crippen molar-refractivity contribution in [2.75, 3.05) is 0 Å². The number of esters is 1. The quantitative estimate of drug-likeness (QED) is 0.648. The van der Waals surface area contributed by atoms with Crippen molar-refractivity contribution in [1.29, 1.82) is 0 Å². The third-order valence-electron chi connectivity index (χ3n) is 8.53. The van der Waals surface area contributed by atoms with Gasteiger partial charge in [-0.2, -0.15) is 0 Å². The molecule has 0 radical (unpaired) electrons. The van der Waals surface area contributed by atoms with Crippen LogP contribution in [0.2, 0.25) is 0 Å². The number of fused-ring (bicyclic) bond motifs is 5. The molecule has 0 aliphatic heterocycles. The van der Waals surface area contributed by atoms with E-state index in [1.807, 2.05) is 6.08 Å². The lowest BCUT2D eigenvalue weighted by Crippen LogP contribution is -2.54. The Morgan fingerprint density at radius 2 is 1.92 bits per heavy atom. The van der Waals surface area contributed by atoms with E-state index in [1.165, 1.54) is 18.4 Å². The van der Waals surface area contributed by atoms with Gasteiger partial charge in [-0.25, -0.2) is 0 Å². The van der Waals surface area contributed by atoms with Gasteiger partial charge in [0.2, 0.25) is 0 Å². The van der Waals surface area contributed by atoms with Crippen molar-refractivity contribution in [3.63, 3.8) is 0 Å². The molecule has 3 nitrogen and oxygen atoms in total. The predicted molar refractivity (Wildman–Crippen MR) is 96.8 cm³/mol. The fourth-order valence-corrected chi connectivity index (χ4v) is 7.25. The van der Waals surface area contributed by atoms with E-state index in [0.717, 1.165) is 32.1 Å². The number of carbonyl (C=O) groups excluding carboxylic acids is 2. The Balaban J connectivity index is 1.67. The van der Waals surface area contributed by atoms with Gasteiger partial charge in [-0.1, -0.05) is 26.3 Å². The number of hydrogen-bond acceptors (Lipinski definition) is 3. The number of ether oxygens (including phenoxy) is 1. The maximum atomic E-state index is 12.0. The van der Waals surface area contributed by atoms with Crippen LogP contribution in [0.3, 0.4) is 0 Å². The molecule has 0 aromatic heterocycles. The van der Waals surface area contributed by atoms with Crippen LogP contribution < -0.4 is 0 Å². The van der Waals surface area contributed by atoms with Gasteiger partial charge in [0.1, 0.15) is 6.10 Å². The average molecular weight is 344 g/mol. The molecule has 0 unspecified atom stereocenters. The van der Waals surface area contributed by atoms with Gasteiger partial charge in [-0.3, -0.25) is 9.59 Å². The Labute approximate surface area is 151 Å². The molecule has 0 heterocycles. The number of carbonyl (C=O) groups is 2. The highest BCUT2D eigenvalue weighted by Crippen LogP contribution is 2.66. The van der Waals surface area contributed by atoms with Gasteiger partial charge < -0.3 is 4.74 Å². The number of hydrogen-bond donors (Lipinski definition) is 0. The molecular weight excluding hydrogens is 312 g/mol. The molecule has 0 aromatic rings. The number of rotatable bonds is 1. The van der Waals surface area contributed by atoms with E-state index in [4.69, 9.17) is 4.74 Å². The summed E-state index contributed by atoms with van der Waals surface area (Å²) in [6, 6.07) is 0. The predicted octanol–water partition coefficient (Wildman–Crippen LogP) is 4.70. The summed E-state index contributed by atoms with van der Waals surface area (Å²) in [5, 5.41) is 0. The first-order chi connectivity index (χ1) is 11.8. The zero-order chi connectivity index (χ0) is 18.0. The molecular formula is C22H32O3. The summed E-state index contributed by atoms with van der Waals surface area (Å²) in [7, 11) is 0. The highest BCUT2D eigenvalue weighted by atomic mass is 16.5. The van der Waals surface area contributed by atoms with E-state index in [-0.39, 0.29) is 22.9 Å². The molecule has 0 saturated heterocycles. The van der Waals surface area contributed by atoms with Crippen LogP contribution >= 0.6 is 0 Å². The summed E-state index contributed by atoms with van der Waals surface area (Å²) < 4.78 is 5.75. The Morgan fingerprint density at radius 3 is 2.64 bits per heavy atom. The van der Waals surface area contributed by atoms with Crippen molar-refractivity contribution in [2.24, 2.45) is 34.5 Å². The molecule has 0 N–H and O–H groups in total. The van der Waals surface area contributed by atoms with Gasteiger partial charge in [-0.05, 0) is 73.7 Å². The molecule has 25 heavy (non-hydrogen) atoms. The van der Waals surface area contributed by atoms with Gasteiger partial charge >= 0.3 is 5.97 Å². The minimum atomic E-state index is -0.131. The Bertz CT molecular complexity index is 635. The number of allylic oxidation sites excluding steroid dienone is 1. The van der Waals surface area contributed by atoms with E-state index >= 15 is 0 Å². The molecule has 0 spiro atoms. The maximum Gasteiger partial charge on any atom is 0.302 e. The van der Waals surface area contributed by atoms with Gasteiger partial charge in [0.15, 0.2) is 5.78 Å². The van der Waals surface area contributed by atoms with Crippen molar-refractivity contribution < 1.29 is 14.3 Å². The van der Waals surface area contributed by atoms with Gasteiger partial charge in [-0.15, -0.1) is 0 Å². The molecule has 3 fully saturated rings. The first kappa shape index (κ1) is 17.3. The zero-order valence-electron chi connectivity index (χ0n) is 16.1. The SMILES string of the molecule is CC(=O)O[C@@H]1CC[C@H]2[C@@H]3[C@H](C)CC4=CC(=O)CC[C@]4(C)[C@H]3CC[C@]12C. The summed E-state index contributed by atoms with van der Waals surface area (Å²) in [6.07, 6.45) is 9.48. The maximum absolute atomic E-state index is 12.0. The van der Waals surface area contributed by atoms with Crippen LogP contribution in [0.25, 0.3) is 0 Å². The highest BCUT2D eigenvalue weighted by molar-refractivity contribution is 5.91. The van der Waals surface area contributed by atoms with Crippen molar-refractivity contribution in [3.8, 4) is 0 Å². The first-order valence-corrected chi connectivity index (χ1v) is 10.2. The first-order valence-electron chi connectivity index (χ1n) is 10.2. The van der Waals surface area contributed by atoms with Crippen LogP contribution in [0.4, 0.5) is 0 Å². The fraction of sp³-hybridized carbons (Fsp3) is 0.818. The molecule has 0 bridgehead atoms. The molecule has 4 aliphatic rings. The molecule has 7 atom stereocenters. The fourth-order valence-electron chi connectivity index (χ4n) is 7.25. The van der Waals surface area contributed by atoms with E-state index in [9.17, 15) is 9.59 Å². The van der Waals surface area contributed by atoms with E-state index < -0.39 is 0 Å². The van der Waals surface area contributed by atoms with E-state index in [2.05, 4.69) is 20.8 Å². The van der Waals surface area contributed by atoms with Crippen molar-refractivity contribution >= 4 is 11.8 Å². The topological polar surface area (TPSA) is 43.4 Å². The molecule has 0 aromatic carbocycles. The largest absolute Gasteiger partial charge is 0.462 e. The standard InChI is InChI=1S/C22H32O3/c1-13-11-15-12-16(24)7-9-21(15,3)18-8-10-22(4)17(20(13)18)5-6-19(22)25-14(2)23/h12-13,17-20H,5-11H2,1-4H3/t13-,17+,18+,19-,20+,21+,22+/m1/s1. The average Bonchev–Trinajstić information content (AvgIpc) is 2.85. The Kier molecular flexibility index (Phi) is 3.94. The highest BCUT2D eigenvalue weighted by Gasteiger charge is 2.61. The molecule has 0 amide bonds. The van der Waals surface area contributed by atoms with Crippen LogP contribution in [0.5, 0.6) is 0 Å². The Hall–Kier alpha value is -1.12. The van der Waals surface area contributed by atoms with E-state index in [0.29, 0.717) is 29.5 Å². The summed E-state index contributed by atoms with van der Waals surface area (Å²) in [4.78, 5) is 23.6. The van der Waals surface area contributed by atoms with Gasteiger partial charge in [0, 0.05) is 18.8 Å².